The van der Waals surface area contributed by atoms with Gasteiger partial charge >= 0.3 is 0 Å². The molecule has 0 aliphatic heterocycles. The number of hydrogen-bond donors (Lipinski definition) is 2. The van der Waals surface area contributed by atoms with E-state index in [9.17, 15) is 0 Å². The lowest BCUT2D eigenvalue weighted by atomic mass is 9.83. The zero-order chi connectivity index (χ0) is 14.5. The summed E-state index contributed by atoms with van der Waals surface area (Å²) >= 11 is 0. The van der Waals surface area contributed by atoms with Crippen molar-refractivity contribution < 1.29 is 0 Å². The first kappa shape index (κ1) is 14.3. The van der Waals surface area contributed by atoms with Crippen LogP contribution in [0.3, 0.4) is 0 Å². The Kier molecular flexibility index (Phi) is 4.34. The van der Waals surface area contributed by atoms with Gasteiger partial charge in [-0.15, -0.1) is 0 Å². The van der Waals surface area contributed by atoms with E-state index in [1.807, 2.05) is 18.5 Å². The summed E-state index contributed by atoms with van der Waals surface area (Å²) in [5.41, 5.74) is 3.91. The largest absolute Gasteiger partial charge is 0.312 e. The topological polar surface area (TPSA) is 53.6 Å². The molecule has 0 aromatic carbocycles. The fourth-order valence-electron chi connectivity index (χ4n) is 3.45. The van der Waals surface area contributed by atoms with Crippen molar-refractivity contribution in [1.29, 1.82) is 0 Å². The third-order valence-corrected chi connectivity index (χ3v) is 4.90. The van der Waals surface area contributed by atoms with Gasteiger partial charge < -0.3 is 5.32 Å². The molecule has 4 heteroatoms. The molecule has 2 aromatic heterocycles. The van der Waals surface area contributed by atoms with Gasteiger partial charge in [-0.3, -0.25) is 10.1 Å². The minimum absolute atomic E-state index is 0.526. The van der Waals surface area contributed by atoms with Crippen LogP contribution in [-0.4, -0.2) is 21.7 Å². The second-order valence-electron chi connectivity index (χ2n) is 6.18. The van der Waals surface area contributed by atoms with E-state index in [2.05, 4.69) is 33.5 Å². The van der Waals surface area contributed by atoms with Crippen molar-refractivity contribution in [2.24, 2.45) is 5.41 Å². The average Bonchev–Trinajstić information content (AvgIpc) is 3.18. The summed E-state index contributed by atoms with van der Waals surface area (Å²) in [6.45, 7) is 4.30. The Bertz CT molecular complexity index is 555. The first-order valence-electron chi connectivity index (χ1n) is 7.96. The minimum Gasteiger partial charge on any atom is -0.312 e. The summed E-state index contributed by atoms with van der Waals surface area (Å²) < 4.78 is 0. The van der Waals surface area contributed by atoms with E-state index in [0.29, 0.717) is 5.41 Å². The number of rotatable bonds is 6. The van der Waals surface area contributed by atoms with E-state index >= 15 is 0 Å². The van der Waals surface area contributed by atoms with Crippen LogP contribution >= 0.6 is 0 Å². The second-order valence-corrected chi connectivity index (χ2v) is 6.18. The number of hydrogen-bond acceptors (Lipinski definition) is 3. The molecule has 2 heterocycles. The van der Waals surface area contributed by atoms with Crippen LogP contribution in [0.5, 0.6) is 0 Å². The number of H-pyrrole nitrogens is 1. The van der Waals surface area contributed by atoms with E-state index in [0.717, 1.165) is 24.3 Å². The van der Waals surface area contributed by atoms with E-state index in [-0.39, 0.29) is 0 Å². The second kappa shape index (κ2) is 6.39. The molecule has 0 radical (unpaired) electrons. The Morgan fingerprint density at radius 3 is 2.86 bits per heavy atom. The maximum atomic E-state index is 4.19. The Hall–Kier alpha value is -1.68. The van der Waals surface area contributed by atoms with Gasteiger partial charge in [0.05, 0.1) is 11.9 Å². The van der Waals surface area contributed by atoms with Crippen LogP contribution in [0.1, 0.15) is 44.6 Å². The van der Waals surface area contributed by atoms with E-state index < -0.39 is 0 Å². The minimum atomic E-state index is 0.526. The van der Waals surface area contributed by atoms with Crippen LogP contribution < -0.4 is 5.32 Å². The van der Waals surface area contributed by atoms with E-state index in [4.69, 9.17) is 0 Å². The Morgan fingerprint density at radius 1 is 1.29 bits per heavy atom. The number of aromatic amines is 1. The highest BCUT2D eigenvalue weighted by atomic mass is 15.1. The summed E-state index contributed by atoms with van der Waals surface area (Å²) in [5.74, 6) is 0. The monoisotopic (exact) mass is 284 g/mol. The molecule has 1 aliphatic rings. The third-order valence-electron chi connectivity index (χ3n) is 4.90. The zero-order valence-corrected chi connectivity index (χ0v) is 12.7. The van der Waals surface area contributed by atoms with Crippen molar-refractivity contribution in [3.05, 3.63) is 36.3 Å². The van der Waals surface area contributed by atoms with E-state index in [1.54, 1.807) is 6.20 Å². The molecule has 1 aliphatic carbocycles. The van der Waals surface area contributed by atoms with Crippen molar-refractivity contribution in [2.45, 2.75) is 45.6 Å². The van der Waals surface area contributed by atoms with Crippen molar-refractivity contribution >= 4 is 0 Å². The van der Waals surface area contributed by atoms with Crippen LogP contribution in [-0.2, 0) is 6.54 Å². The maximum Gasteiger partial charge on any atom is 0.0710 e. The molecule has 1 saturated carbocycles. The van der Waals surface area contributed by atoms with Gasteiger partial charge in [-0.2, -0.15) is 5.10 Å². The maximum absolute atomic E-state index is 4.19. The van der Waals surface area contributed by atoms with Crippen LogP contribution in [0.15, 0.2) is 30.7 Å². The van der Waals surface area contributed by atoms with Crippen LogP contribution in [0.2, 0.25) is 0 Å². The molecular weight excluding hydrogens is 260 g/mol. The molecule has 0 spiro atoms. The lowest BCUT2D eigenvalue weighted by Crippen LogP contribution is -2.31. The van der Waals surface area contributed by atoms with Gasteiger partial charge in [0.25, 0.3) is 0 Å². The van der Waals surface area contributed by atoms with Gasteiger partial charge in [0.15, 0.2) is 0 Å². The molecule has 0 amide bonds. The predicted molar refractivity (Wildman–Crippen MR) is 84.7 cm³/mol. The van der Waals surface area contributed by atoms with Crippen LogP contribution in [0.4, 0.5) is 0 Å². The Labute approximate surface area is 126 Å². The molecule has 1 fully saturated rings. The number of nitrogens with one attached hydrogen (secondary N) is 2. The van der Waals surface area contributed by atoms with Crippen molar-refractivity contribution in [3.8, 4) is 11.3 Å². The molecule has 0 saturated heterocycles. The molecule has 0 atom stereocenters. The highest BCUT2D eigenvalue weighted by Crippen LogP contribution is 2.40. The molecule has 3 rings (SSSR count). The van der Waals surface area contributed by atoms with Crippen molar-refractivity contribution in [1.82, 2.24) is 20.5 Å². The lowest BCUT2D eigenvalue weighted by molar-refractivity contribution is 0.268. The highest BCUT2D eigenvalue weighted by molar-refractivity contribution is 5.61. The normalized spacial score (nSPS) is 17.2. The van der Waals surface area contributed by atoms with Crippen molar-refractivity contribution in [2.75, 3.05) is 6.54 Å². The van der Waals surface area contributed by atoms with Gasteiger partial charge in [0.1, 0.15) is 0 Å². The van der Waals surface area contributed by atoms with Gasteiger partial charge in [-0.25, -0.2) is 0 Å². The fraction of sp³-hybridized carbons (Fsp3) is 0.529. The average molecular weight is 284 g/mol. The molecule has 0 bridgehead atoms. The summed E-state index contributed by atoms with van der Waals surface area (Å²) in [5, 5.41) is 10.9. The SMILES string of the molecule is CCC1(CNCc2cn[nH]c2-c2cccnc2)CCCC1. The molecule has 112 valence electrons. The molecule has 0 unspecified atom stereocenters. The van der Waals surface area contributed by atoms with Crippen LogP contribution in [0, 0.1) is 5.41 Å². The van der Waals surface area contributed by atoms with Gasteiger partial charge in [-0.1, -0.05) is 19.8 Å². The fourth-order valence-corrected chi connectivity index (χ4v) is 3.45. The highest BCUT2D eigenvalue weighted by Gasteiger charge is 2.31. The standard InChI is InChI=1S/C17H24N4/c1-2-17(7-3-4-8-17)13-19-11-15-12-20-21-16(15)14-6-5-9-18-10-14/h5-6,9-10,12,19H,2-4,7-8,11,13H2,1H3,(H,20,21). The molecular formula is C17H24N4. The molecule has 4 nitrogen and oxygen atoms in total. The zero-order valence-electron chi connectivity index (χ0n) is 12.7. The smallest absolute Gasteiger partial charge is 0.0710 e. The van der Waals surface area contributed by atoms with E-state index in [1.165, 1.54) is 37.7 Å². The summed E-state index contributed by atoms with van der Waals surface area (Å²) in [4.78, 5) is 4.18. The predicted octanol–water partition coefficient (Wildman–Crippen LogP) is 3.53. The third kappa shape index (κ3) is 3.16. The number of pyridine rings is 1. The Balaban J connectivity index is 1.63. The van der Waals surface area contributed by atoms with Gasteiger partial charge in [0.2, 0.25) is 0 Å². The number of aromatic nitrogens is 3. The summed E-state index contributed by atoms with van der Waals surface area (Å²) in [6.07, 6.45) is 12.4. The lowest BCUT2D eigenvalue weighted by Gasteiger charge is -2.27. The van der Waals surface area contributed by atoms with Crippen molar-refractivity contribution in [3.63, 3.8) is 0 Å². The molecule has 2 aromatic rings. The first-order valence-corrected chi connectivity index (χ1v) is 7.96. The summed E-state index contributed by atoms with van der Waals surface area (Å²) in [7, 11) is 0. The van der Waals surface area contributed by atoms with Gasteiger partial charge in [-0.05, 0) is 36.8 Å². The molecule has 2 N–H and O–H groups in total. The first-order chi connectivity index (χ1) is 10.3. The summed E-state index contributed by atoms with van der Waals surface area (Å²) in [6, 6.07) is 4.02. The quantitative estimate of drug-likeness (QED) is 0.853. The Morgan fingerprint density at radius 2 is 2.14 bits per heavy atom. The molecule has 21 heavy (non-hydrogen) atoms. The number of nitrogens with zero attached hydrogens (tertiary/aromatic N) is 2. The van der Waals surface area contributed by atoms with Crippen LogP contribution in [0.25, 0.3) is 11.3 Å². The van der Waals surface area contributed by atoms with Gasteiger partial charge in [0, 0.05) is 36.6 Å².